The number of hydrogen-bond acceptors (Lipinski definition) is 6. The van der Waals surface area contributed by atoms with E-state index in [2.05, 4.69) is 0 Å². The molecule has 1 aromatic carbocycles. The van der Waals surface area contributed by atoms with Crippen LogP contribution in [0.3, 0.4) is 0 Å². The largest absolute Gasteiger partial charge is 0.478 e. The zero-order chi connectivity index (χ0) is 16.5. The first-order valence-corrected chi connectivity index (χ1v) is 5.01. The maximum absolute atomic E-state index is 11.3. The maximum atomic E-state index is 11.3. The molecule has 0 heterocycles. The lowest BCUT2D eigenvalue weighted by molar-refractivity contribution is -0.385. The number of nitrogens with zero attached hydrogens (tertiary/aromatic N) is 1. The fourth-order valence-corrected chi connectivity index (χ4v) is 1.70. The fraction of sp³-hybridized carbons (Fsp3) is 0. The van der Waals surface area contributed by atoms with Gasteiger partial charge in [-0.05, 0) is 0 Å². The van der Waals surface area contributed by atoms with Crippen LogP contribution in [0.15, 0.2) is 6.07 Å². The molecule has 0 unspecified atom stereocenters. The van der Waals surface area contributed by atoms with Gasteiger partial charge in [0.1, 0.15) is 5.56 Å². The molecule has 11 nitrogen and oxygen atoms in total. The molecule has 1 rings (SSSR count). The highest BCUT2D eigenvalue weighted by molar-refractivity contribution is 6.17. The van der Waals surface area contributed by atoms with Gasteiger partial charge >= 0.3 is 11.9 Å². The van der Waals surface area contributed by atoms with Gasteiger partial charge in [-0.25, -0.2) is 9.59 Å². The standard InChI is InChI=1S/C10H7N3O8/c11-7(14)4-2(9(16)17)1-3(13(20)21)5(8(12)15)6(4)10(18)19/h1H,(H2,11,14)(H2,12,15)(H,16,17)(H,18,19). The zero-order valence-electron chi connectivity index (χ0n) is 10.0. The van der Waals surface area contributed by atoms with E-state index < -0.39 is 56.6 Å². The molecule has 0 aliphatic carbocycles. The van der Waals surface area contributed by atoms with Gasteiger partial charge in [-0.3, -0.25) is 19.7 Å². The van der Waals surface area contributed by atoms with Crippen molar-refractivity contribution in [3.63, 3.8) is 0 Å². The van der Waals surface area contributed by atoms with Crippen molar-refractivity contribution < 1.29 is 34.3 Å². The lowest BCUT2D eigenvalue weighted by atomic mass is 9.93. The third-order valence-electron chi connectivity index (χ3n) is 2.44. The number of carbonyl (C=O) groups excluding carboxylic acids is 2. The first kappa shape index (κ1) is 15.6. The second-order valence-corrected chi connectivity index (χ2v) is 3.66. The van der Waals surface area contributed by atoms with Gasteiger partial charge in [0.2, 0.25) is 5.91 Å². The monoisotopic (exact) mass is 297 g/mol. The van der Waals surface area contributed by atoms with E-state index in [1.807, 2.05) is 0 Å². The summed E-state index contributed by atoms with van der Waals surface area (Å²) in [6, 6.07) is 0.356. The number of aromatic carboxylic acids is 2. The second kappa shape index (κ2) is 5.24. The van der Waals surface area contributed by atoms with Gasteiger partial charge in [0, 0.05) is 6.07 Å². The van der Waals surface area contributed by atoms with Crippen LogP contribution in [0, 0.1) is 10.1 Å². The topological polar surface area (TPSA) is 204 Å². The van der Waals surface area contributed by atoms with Crippen LogP contribution in [0.25, 0.3) is 0 Å². The second-order valence-electron chi connectivity index (χ2n) is 3.66. The Balaban J connectivity index is 4.13. The summed E-state index contributed by atoms with van der Waals surface area (Å²) in [6.45, 7) is 0. The Hall–Kier alpha value is -3.50. The first-order chi connectivity index (χ1) is 9.59. The van der Waals surface area contributed by atoms with Crippen molar-refractivity contribution >= 4 is 29.4 Å². The van der Waals surface area contributed by atoms with Crippen molar-refractivity contribution in [3.8, 4) is 0 Å². The Morgan fingerprint density at radius 2 is 1.43 bits per heavy atom. The molecule has 110 valence electrons. The Bertz CT molecular complexity index is 658. The quantitative estimate of drug-likeness (QED) is 0.398. The summed E-state index contributed by atoms with van der Waals surface area (Å²) in [5.41, 5.74) is 4.24. The van der Waals surface area contributed by atoms with E-state index >= 15 is 0 Å². The summed E-state index contributed by atoms with van der Waals surface area (Å²) in [7, 11) is 0. The molecule has 0 aliphatic rings. The Morgan fingerprint density at radius 3 is 1.71 bits per heavy atom. The molecule has 6 N–H and O–H groups in total. The fourth-order valence-electron chi connectivity index (χ4n) is 1.70. The smallest absolute Gasteiger partial charge is 0.337 e. The van der Waals surface area contributed by atoms with Crippen LogP contribution in [0.2, 0.25) is 0 Å². The molecular formula is C10H7N3O8. The summed E-state index contributed by atoms with van der Waals surface area (Å²) < 4.78 is 0. The number of rotatable bonds is 5. The normalized spacial score (nSPS) is 9.90. The minimum Gasteiger partial charge on any atom is -0.478 e. The molecular weight excluding hydrogens is 290 g/mol. The number of nitro groups is 1. The van der Waals surface area contributed by atoms with Crippen LogP contribution in [0.5, 0.6) is 0 Å². The van der Waals surface area contributed by atoms with Crippen molar-refractivity contribution in [1.82, 2.24) is 0 Å². The molecule has 0 saturated carbocycles. The molecule has 0 radical (unpaired) electrons. The highest BCUT2D eigenvalue weighted by Gasteiger charge is 2.35. The van der Waals surface area contributed by atoms with Gasteiger partial charge in [0.25, 0.3) is 11.6 Å². The van der Waals surface area contributed by atoms with Crippen LogP contribution in [0.1, 0.15) is 41.4 Å². The molecule has 0 aliphatic heterocycles. The number of carboxylic acids is 2. The molecule has 11 heteroatoms. The number of nitrogens with two attached hydrogens (primary N) is 2. The van der Waals surface area contributed by atoms with Crippen molar-refractivity contribution in [1.29, 1.82) is 0 Å². The van der Waals surface area contributed by atoms with Crippen LogP contribution in [0.4, 0.5) is 5.69 Å². The van der Waals surface area contributed by atoms with Gasteiger partial charge in [0.15, 0.2) is 0 Å². The Morgan fingerprint density at radius 1 is 0.952 bits per heavy atom. The molecule has 2 amide bonds. The molecule has 0 saturated heterocycles. The number of hydrogen-bond donors (Lipinski definition) is 4. The Labute approximate surface area is 114 Å². The number of amides is 2. The third kappa shape index (κ3) is 2.60. The van der Waals surface area contributed by atoms with E-state index in [9.17, 15) is 29.3 Å². The van der Waals surface area contributed by atoms with Crippen molar-refractivity contribution in [2.24, 2.45) is 11.5 Å². The van der Waals surface area contributed by atoms with Gasteiger partial charge in [-0.1, -0.05) is 0 Å². The average Bonchev–Trinajstić information content (AvgIpc) is 2.34. The molecule has 1 aromatic rings. The van der Waals surface area contributed by atoms with E-state index in [4.69, 9.17) is 21.7 Å². The third-order valence-corrected chi connectivity index (χ3v) is 2.44. The number of primary amides is 2. The van der Waals surface area contributed by atoms with Gasteiger partial charge < -0.3 is 21.7 Å². The minimum atomic E-state index is -1.95. The van der Waals surface area contributed by atoms with Crippen molar-refractivity contribution in [3.05, 3.63) is 38.4 Å². The van der Waals surface area contributed by atoms with E-state index in [1.54, 1.807) is 0 Å². The van der Waals surface area contributed by atoms with Gasteiger partial charge in [0.05, 0.1) is 21.6 Å². The highest BCUT2D eigenvalue weighted by atomic mass is 16.6. The summed E-state index contributed by atoms with van der Waals surface area (Å²) in [5.74, 6) is -6.78. The van der Waals surface area contributed by atoms with E-state index in [1.165, 1.54) is 0 Å². The first-order valence-electron chi connectivity index (χ1n) is 5.01. The molecule has 21 heavy (non-hydrogen) atoms. The predicted molar refractivity (Wildman–Crippen MR) is 64.1 cm³/mol. The van der Waals surface area contributed by atoms with E-state index in [-0.39, 0.29) is 0 Å². The van der Waals surface area contributed by atoms with Gasteiger partial charge in [-0.2, -0.15) is 0 Å². The van der Waals surface area contributed by atoms with Crippen LogP contribution in [-0.2, 0) is 0 Å². The van der Waals surface area contributed by atoms with Crippen molar-refractivity contribution in [2.75, 3.05) is 0 Å². The summed E-state index contributed by atoms with van der Waals surface area (Å²) >= 11 is 0. The predicted octanol–water partition coefficient (Wildman–Crippen LogP) is -0.811. The van der Waals surface area contributed by atoms with Gasteiger partial charge in [-0.15, -0.1) is 0 Å². The summed E-state index contributed by atoms with van der Waals surface area (Å²) in [5, 5.41) is 28.8. The summed E-state index contributed by atoms with van der Waals surface area (Å²) in [4.78, 5) is 54.4. The number of carboxylic acid groups (broad SMARTS) is 2. The van der Waals surface area contributed by atoms with Crippen LogP contribution in [-0.4, -0.2) is 38.9 Å². The molecule has 0 atom stereocenters. The maximum Gasteiger partial charge on any atom is 0.337 e. The van der Waals surface area contributed by atoms with E-state index in [0.717, 1.165) is 0 Å². The SMILES string of the molecule is NC(=O)c1c(C(=O)O)cc([N+](=O)[O-])c(C(N)=O)c1C(=O)O. The van der Waals surface area contributed by atoms with Crippen molar-refractivity contribution in [2.45, 2.75) is 0 Å². The minimum absolute atomic E-state index is 0.356. The Kier molecular flexibility index (Phi) is 3.88. The lowest BCUT2D eigenvalue weighted by Gasteiger charge is -2.10. The lowest BCUT2D eigenvalue weighted by Crippen LogP contribution is -2.26. The molecule has 0 fully saturated rings. The van der Waals surface area contributed by atoms with Crippen LogP contribution >= 0.6 is 0 Å². The number of benzene rings is 1. The number of nitro benzene ring substituents is 1. The summed E-state index contributed by atoms with van der Waals surface area (Å²) in [6.07, 6.45) is 0. The molecule has 0 spiro atoms. The number of carbonyl (C=O) groups is 4. The van der Waals surface area contributed by atoms with E-state index in [0.29, 0.717) is 6.07 Å². The molecule has 0 aromatic heterocycles. The highest BCUT2D eigenvalue weighted by Crippen LogP contribution is 2.29. The van der Waals surface area contributed by atoms with Crippen LogP contribution < -0.4 is 11.5 Å². The average molecular weight is 297 g/mol. The zero-order valence-corrected chi connectivity index (χ0v) is 10.0. The molecule has 0 bridgehead atoms.